The lowest BCUT2D eigenvalue weighted by Gasteiger charge is -2.02. The molecule has 1 nitrogen and oxygen atoms in total. The molecule has 1 aliphatic rings. The fourth-order valence-corrected chi connectivity index (χ4v) is 2.38. The molecule has 0 bridgehead atoms. The molecule has 1 aliphatic heterocycles. The van der Waals surface area contributed by atoms with E-state index in [1.165, 1.54) is 38.5 Å². The average molecular weight is 330 g/mol. The van der Waals surface area contributed by atoms with Gasteiger partial charge in [-0.05, 0) is 19.3 Å². The first-order chi connectivity index (χ1) is 11.0. The molecule has 0 spiro atoms. The van der Waals surface area contributed by atoms with E-state index in [1.54, 1.807) is 0 Å². The second-order valence-electron chi connectivity index (χ2n) is 6.05. The summed E-state index contributed by atoms with van der Waals surface area (Å²) < 4.78 is 41.3. The molecule has 132 valence electrons. The number of ether oxygens (including phenoxy) is 1. The molecule has 0 aromatic rings. The van der Waals surface area contributed by atoms with Crippen LogP contribution in [-0.2, 0) is 4.74 Å². The average Bonchev–Trinajstić information content (AvgIpc) is 3.24. The highest BCUT2D eigenvalue weighted by Gasteiger charge is 2.39. The summed E-state index contributed by atoms with van der Waals surface area (Å²) in [6.45, 7) is 2.22. The number of hydrogen-bond acceptors (Lipinski definition) is 1. The normalized spacial score (nSPS) is 21.9. The molecule has 2 atom stereocenters. The predicted molar refractivity (Wildman–Crippen MR) is 89.4 cm³/mol. The summed E-state index contributed by atoms with van der Waals surface area (Å²) in [5, 5.41) is 0. The van der Waals surface area contributed by atoms with Gasteiger partial charge in [-0.1, -0.05) is 75.5 Å². The highest BCUT2D eigenvalue weighted by atomic mass is 19.4. The molecular formula is C19H29F3O. The Balaban J connectivity index is 1.97. The van der Waals surface area contributed by atoms with Crippen molar-refractivity contribution >= 4 is 0 Å². The van der Waals surface area contributed by atoms with Gasteiger partial charge in [0.05, 0.1) is 6.10 Å². The molecule has 1 heterocycles. The minimum Gasteiger partial charge on any atom is -0.365 e. The third-order valence-corrected chi connectivity index (χ3v) is 3.83. The van der Waals surface area contributed by atoms with Gasteiger partial charge in [0.1, 0.15) is 6.10 Å². The van der Waals surface area contributed by atoms with Gasteiger partial charge in [-0.2, -0.15) is 13.2 Å². The van der Waals surface area contributed by atoms with Crippen LogP contribution in [0.5, 0.6) is 0 Å². The van der Waals surface area contributed by atoms with Gasteiger partial charge < -0.3 is 4.74 Å². The number of alkyl halides is 3. The first-order valence-electron chi connectivity index (χ1n) is 8.75. The second kappa shape index (κ2) is 11.5. The van der Waals surface area contributed by atoms with Crippen LogP contribution in [0, 0.1) is 0 Å². The molecule has 0 amide bonds. The Kier molecular flexibility index (Phi) is 10.0. The summed E-state index contributed by atoms with van der Waals surface area (Å²) in [4.78, 5) is 0. The number of epoxide rings is 1. The van der Waals surface area contributed by atoms with Crippen LogP contribution in [0.25, 0.3) is 0 Å². The highest BCUT2D eigenvalue weighted by molar-refractivity contribution is 5.14. The molecule has 1 fully saturated rings. The van der Waals surface area contributed by atoms with E-state index in [-0.39, 0.29) is 18.6 Å². The van der Waals surface area contributed by atoms with Crippen molar-refractivity contribution in [2.75, 3.05) is 0 Å². The van der Waals surface area contributed by atoms with Gasteiger partial charge in [-0.25, -0.2) is 0 Å². The third-order valence-electron chi connectivity index (χ3n) is 3.83. The SMILES string of the molecule is CCCCCCCC/C=C\C=C\C=CC1OC1CCC(F)(F)F. The van der Waals surface area contributed by atoms with Crippen LogP contribution in [0.2, 0.25) is 0 Å². The van der Waals surface area contributed by atoms with Gasteiger partial charge in [-0.15, -0.1) is 0 Å². The predicted octanol–water partition coefficient (Wildman–Crippen LogP) is 6.52. The van der Waals surface area contributed by atoms with Crippen molar-refractivity contribution in [3.05, 3.63) is 36.5 Å². The van der Waals surface area contributed by atoms with E-state index in [2.05, 4.69) is 13.0 Å². The van der Waals surface area contributed by atoms with Gasteiger partial charge in [0, 0.05) is 6.42 Å². The van der Waals surface area contributed by atoms with Gasteiger partial charge in [0.15, 0.2) is 0 Å². The van der Waals surface area contributed by atoms with Crippen LogP contribution < -0.4 is 0 Å². The Morgan fingerprint density at radius 1 is 0.913 bits per heavy atom. The van der Waals surface area contributed by atoms with Crippen LogP contribution in [0.4, 0.5) is 13.2 Å². The summed E-state index contributed by atoms with van der Waals surface area (Å²) in [6, 6.07) is 0. The number of rotatable bonds is 12. The second-order valence-corrected chi connectivity index (χ2v) is 6.05. The zero-order valence-electron chi connectivity index (χ0n) is 14.0. The lowest BCUT2D eigenvalue weighted by Crippen LogP contribution is -2.08. The van der Waals surface area contributed by atoms with Crippen LogP contribution in [0.1, 0.15) is 64.7 Å². The molecule has 0 N–H and O–H groups in total. The Labute approximate surface area is 138 Å². The van der Waals surface area contributed by atoms with Gasteiger partial charge in [-0.3, -0.25) is 0 Å². The van der Waals surface area contributed by atoms with Crippen molar-refractivity contribution in [1.29, 1.82) is 0 Å². The topological polar surface area (TPSA) is 12.5 Å². The standard InChI is InChI=1S/C19H29F3O/c1-2-3-4-5-6-7-8-9-10-11-12-13-14-17-18(23-17)15-16-19(20,21)22/h9-14,17-18H,2-8,15-16H2,1H3/b10-9-,12-11+,14-13?. The molecule has 0 aliphatic carbocycles. The maximum Gasteiger partial charge on any atom is 0.389 e. The largest absolute Gasteiger partial charge is 0.389 e. The molecule has 23 heavy (non-hydrogen) atoms. The maximum atomic E-state index is 12.0. The molecule has 0 saturated carbocycles. The third kappa shape index (κ3) is 12.1. The minimum atomic E-state index is -4.08. The van der Waals surface area contributed by atoms with E-state index in [4.69, 9.17) is 4.74 Å². The number of unbranched alkanes of at least 4 members (excludes halogenated alkanes) is 6. The lowest BCUT2D eigenvalue weighted by atomic mass is 10.1. The Morgan fingerprint density at radius 3 is 2.35 bits per heavy atom. The number of allylic oxidation sites excluding steroid dienone is 5. The van der Waals surface area contributed by atoms with Crippen molar-refractivity contribution in [3.63, 3.8) is 0 Å². The van der Waals surface area contributed by atoms with E-state index >= 15 is 0 Å². The summed E-state index contributed by atoms with van der Waals surface area (Å²) in [5.74, 6) is 0. The molecule has 0 radical (unpaired) electrons. The van der Waals surface area contributed by atoms with Crippen LogP contribution in [0.15, 0.2) is 36.5 Å². The van der Waals surface area contributed by atoms with Crippen LogP contribution >= 0.6 is 0 Å². The summed E-state index contributed by atoms with van der Waals surface area (Å²) in [7, 11) is 0. The zero-order chi connectivity index (χ0) is 17.0. The Hall–Kier alpha value is -1.03. The van der Waals surface area contributed by atoms with Gasteiger partial charge in [0.2, 0.25) is 0 Å². The fraction of sp³-hybridized carbons (Fsp3) is 0.684. The molecule has 0 aromatic carbocycles. The fourth-order valence-electron chi connectivity index (χ4n) is 2.38. The molecule has 2 unspecified atom stereocenters. The number of hydrogen-bond donors (Lipinski definition) is 0. The minimum absolute atomic E-state index is 0.0559. The monoisotopic (exact) mass is 330 g/mol. The smallest absolute Gasteiger partial charge is 0.365 e. The van der Waals surface area contributed by atoms with E-state index < -0.39 is 12.6 Å². The first-order valence-corrected chi connectivity index (χ1v) is 8.75. The molecule has 1 saturated heterocycles. The van der Waals surface area contributed by atoms with Crippen LogP contribution in [-0.4, -0.2) is 18.4 Å². The first kappa shape index (κ1) is 20.0. The van der Waals surface area contributed by atoms with Crippen molar-refractivity contribution in [2.24, 2.45) is 0 Å². The van der Waals surface area contributed by atoms with Gasteiger partial charge in [0.25, 0.3) is 0 Å². The summed E-state index contributed by atoms with van der Waals surface area (Å²) in [5.41, 5.74) is 0. The van der Waals surface area contributed by atoms with Gasteiger partial charge >= 0.3 is 6.18 Å². The molecular weight excluding hydrogens is 301 g/mol. The van der Waals surface area contributed by atoms with E-state index in [0.29, 0.717) is 0 Å². The maximum absolute atomic E-state index is 12.0. The molecule has 1 rings (SSSR count). The molecule has 4 heteroatoms. The van der Waals surface area contributed by atoms with Crippen molar-refractivity contribution in [3.8, 4) is 0 Å². The summed E-state index contributed by atoms with van der Waals surface area (Å²) >= 11 is 0. The molecule has 0 aromatic heterocycles. The van der Waals surface area contributed by atoms with Crippen molar-refractivity contribution in [1.82, 2.24) is 0 Å². The summed E-state index contributed by atoms with van der Waals surface area (Å²) in [6.07, 6.45) is 15.4. The van der Waals surface area contributed by atoms with Crippen molar-refractivity contribution in [2.45, 2.75) is 83.1 Å². The van der Waals surface area contributed by atoms with Crippen molar-refractivity contribution < 1.29 is 17.9 Å². The Morgan fingerprint density at radius 2 is 1.61 bits per heavy atom. The lowest BCUT2D eigenvalue weighted by molar-refractivity contribution is -0.136. The zero-order valence-corrected chi connectivity index (χ0v) is 14.0. The van der Waals surface area contributed by atoms with E-state index in [1.807, 2.05) is 30.4 Å². The Bertz CT molecular complexity index is 383. The quantitative estimate of drug-likeness (QED) is 0.225. The van der Waals surface area contributed by atoms with E-state index in [9.17, 15) is 13.2 Å². The van der Waals surface area contributed by atoms with E-state index in [0.717, 1.165) is 6.42 Å². The number of halogens is 3. The highest BCUT2D eigenvalue weighted by Crippen LogP contribution is 2.32. The van der Waals surface area contributed by atoms with Crippen LogP contribution in [0.3, 0.4) is 0 Å².